The number of hydrogen-bond donors (Lipinski definition) is 1. The van der Waals surface area contributed by atoms with Crippen molar-refractivity contribution in [1.82, 2.24) is 24.7 Å². The van der Waals surface area contributed by atoms with Crippen molar-refractivity contribution in [3.8, 4) is 22.9 Å². The first-order valence-electron chi connectivity index (χ1n) is 13.8. The largest absolute Gasteiger partial charge is 0.507 e. The number of carbonyl (C=O) groups excluding carboxylic acids is 1. The average molecular weight is 585 g/mol. The Kier molecular flexibility index (Phi) is 7.67. The summed E-state index contributed by atoms with van der Waals surface area (Å²) >= 11 is 6.52. The lowest BCUT2D eigenvalue weighted by Gasteiger charge is -2.35. The van der Waals surface area contributed by atoms with Gasteiger partial charge in [0.05, 0.1) is 10.6 Å². The second-order valence-electron chi connectivity index (χ2n) is 10.6. The second-order valence-corrected chi connectivity index (χ2v) is 11.0. The van der Waals surface area contributed by atoms with Gasteiger partial charge in [0.1, 0.15) is 29.6 Å². The number of ether oxygens (including phenoxy) is 1. The van der Waals surface area contributed by atoms with Crippen LogP contribution < -0.4 is 9.64 Å². The predicted molar refractivity (Wildman–Crippen MR) is 152 cm³/mol. The van der Waals surface area contributed by atoms with Crippen LogP contribution >= 0.6 is 11.6 Å². The molecule has 2 aliphatic heterocycles. The zero-order chi connectivity index (χ0) is 28.7. The molecule has 0 bridgehead atoms. The van der Waals surface area contributed by atoms with E-state index in [4.69, 9.17) is 16.3 Å². The molecule has 2 saturated heterocycles. The minimum Gasteiger partial charge on any atom is -0.507 e. The zero-order valence-electron chi connectivity index (χ0n) is 22.5. The molecular weight excluding hydrogens is 554 g/mol. The van der Waals surface area contributed by atoms with Gasteiger partial charge in [-0.05, 0) is 37.1 Å². The zero-order valence-corrected chi connectivity index (χ0v) is 23.3. The first kappa shape index (κ1) is 27.6. The molecule has 1 amide bonds. The fraction of sp³-hybridized carbons (Fsp3) is 0.414. The molecule has 6 rings (SSSR count). The minimum atomic E-state index is -0.889. The van der Waals surface area contributed by atoms with Gasteiger partial charge in [0.2, 0.25) is 5.91 Å². The lowest BCUT2D eigenvalue weighted by molar-refractivity contribution is -0.126. The van der Waals surface area contributed by atoms with Crippen LogP contribution in [0.15, 0.2) is 36.9 Å². The van der Waals surface area contributed by atoms with E-state index in [1.807, 2.05) is 4.90 Å². The maximum atomic E-state index is 16.2. The van der Waals surface area contributed by atoms with Crippen molar-refractivity contribution in [2.24, 2.45) is 0 Å². The molecule has 3 aromatic rings. The molecule has 12 heteroatoms. The fourth-order valence-corrected chi connectivity index (χ4v) is 5.86. The molecule has 3 heterocycles. The highest BCUT2D eigenvalue weighted by Gasteiger charge is 2.32. The third-order valence-electron chi connectivity index (χ3n) is 8.00. The predicted octanol–water partition coefficient (Wildman–Crippen LogP) is 3.88. The number of amides is 1. The lowest BCUT2D eigenvalue weighted by atomic mass is 10.0. The van der Waals surface area contributed by atoms with Crippen LogP contribution in [-0.2, 0) is 4.79 Å². The molecule has 0 spiro atoms. The van der Waals surface area contributed by atoms with E-state index >= 15 is 4.39 Å². The standard InChI is InChI=1S/C29H31ClF2N6O3/c1-2-23(40)37-12-14-38(15-13-37)28-19-16-20(30)24(25-21(31)4-3-5-22(25)39)26(32)27(19)33-29(34-28)41-17-35-8-10-36(11-9-35)18-6-7-18/h2-5,16,18,39H,1,6-15,17H2. The molecule has 1 N–H and O–H groups in total. The lowest BCUT2D eigenvalue weighted by Crippen LogP contribution is -2.48. The van der Waals surface area contributed by atoms with Crippen molar-refractivity contribution in [2.75, 3.05) is 64.0 Å². The maximum Gasteiger partial charge on any atom is 0.320 e. The number of fused-ring (bicyclic) bond motifs is 1. The second kappa shape index (κ2) is 11.4. The number of rotatable bonds is 7. The van der Waals surface area contributed by atoms with Gasteiger partial charge in [-0.25, -0.2) is 8.78 Å². The molecule has 41 heavy (non-hydrogen) atoms. The molecule has 1 aliphatic carbocycles. The number of hydrogen-bond acceptors (Lipinski definition) is 8. The summed E-state index contributed by atoms with van der Waals surface area (Å²) in [6.45, 7) is 9.13. The molecule has 9 nitrogen and oxygen atoms in total. The topological polar surface area (TPSA) is 85.3 Å². The molecule has 1 saturated carbocycles. The molecule has 3 fully saturated rings. The molecule has 0 atom stereocenters. The number of aromatic nitrogens is 2. The SMILES string of the molecule is C=CC(=O)N1CCN(c2nc(OCN3CCN(C4CC4)CC3)nc3c(F)c(-c4c(O)cccc4F)c(Cl)cc23)CC1. The summed E-state index contributed by atoms with van der Waals surface area (Å²) in [6.07, 6.45) is 3.81. The Morgan fingerprint density at radius 2 is 1.80 bits per heavy atom. The van der Waals surface area contributed by atoms with Gasteiger partial charge in [-0.2, -0.15) is 9.97 Å². The molecule has 0 radical (unpaired) electrons. The molecule has 3 aliphatic rings. The average Bonchev–Trinajstić information content (AvgIpc) is 3.83. The van der Waals surface area contributed by atoms with E-state index in [2.05, 4.69) is 26.3 Å². The maximum absolute atomic E-state index is 16.2. The van der Waals surface area contributed by atoms with E-state index in [-0.39, 0.29) is 40.3 Å². The first-order chi connectivity index (χ1) is 19.8. The normalized spacial score (nSPS) is 18.6. The smallest absolute Gasteiger partial charge is 0.320 e. The fourth-order valence-electron chi connectivity index (χ4n) is 5.57. The van der Waals surface area contributed by atoms with Crippen molar-refractivity contribution < 1.29 is 23.4 Å². The summed E-state index contributed by atoms with van der Waals surface area (Å²) in [4.78, 5) is 29.4. The number of aromatic hydroxyl groups is 1. The van der Waals surface area contributed by atoms with E-state index in [9.17, 15) is 14.3 Å². The van der Waals surface area contributed by atoms with Crippen LogP contribution in [0.3, 0.4) is 0 Å². The molecule has 0 unspecified atom stereocenters. The van der Waals surface area contributed by atoms with E-state index < -0.39 is 17.4 Å². The number of carbonyl (C=O) groups is 1. The van der Waals surface area contributed by atoms with Crippen molar-refractivity contribution in [3.05, 3.63) is 53.6 Å². The quantitative estimate of drug-likeness (QED) is 0.419. The van der Waals surface area contributed by atoms with Crippen molar-refractivity contribution in [2.45, 2.75) is 18.9 Å². The number of phenolic OH excluding ortho intramolecular Hbond substituents is 1. The summed E-state index contributed by atoms with van der Waals surface area (Å²) < 4.78 is 37.0. The Morgan fingerprint density at radius 3 is 2.46 bits per heavy atom. The number of phenols is 1. The van der Waals surface area contributed by atoms with Crippen LogP contribution in [0.1, 0.15) is 12.8 Å². The van der Waals surface area contributed by atoms with E-state index in [0.29, 0.717) is 43.4 Å². The van der Waals surface area contributed by atoms with E-state index in [1.54, 1.807) is 4.90 Å². The Labute approximate surface area is 241 Å². The van der Waals surface area contributed by atoms with Gasteiger partial charge in [-0.3, -0.25) is 14.6 Å². The van der Waals surface area contributed by atoms with Crippen LogP contribution in [0.25, 0.3) is 22.0 Å². The minimum absolute atomic E-state index is 0.0216. The third-order valence-corrected chi connectivity index (χ3v) is 8.29. The van der Waals surface area contributed by atoms with Gasteiger partial charge in [-0.1, -0.05) is 24.2 Å². The van der Waals surface area contributed by atoms with Crippen LogP contribution in [0, 0.1) is 11.6 Å². The molecular formula is C29H31ClF2N6O3. The summed E-state index contributed by atoms with van der Waals surface area (Å²) in [7, 11) is 0. The number of anilines is 1. The Bertz CT molecular complexity index is 1470. The molecule has 216 valence electrons. The van der Waals surface area contributed by atoms with Gasteiger partial charge >= 0.3 is 6.01 Å². The number of halogens is 3. The summed E-state index contributed by atoms with van der Waals surface area (Å²) in [5.41, 5.74) is -0.734. The highest BCUT2D eigenvalue weighted by Crippen LogP contribution is 2.42. The molecule has 2 aromatic carbocycles. The van der Waals surface area contributed by atoms with Crippen LogP contribution in [0.5, 0.6) is 11.8 Å². The van der Waals surface area contributed by atoms with Crippen LogP contribution in [0.2, 0.25) is 5.02 Å². The van der Waals surface area contributed by atoms with Crippen LogP contribution in [-0.4, -0.2) is 101 Å². The van der Waals surface area contributed by atoms with E-state index in [1.165, 1.54) is 37.1 Å². The highest BCUT2D eigenvalue weighted by molar-refractivity contribution is 6.34. The van der Waals surface area contributed by atoms with Gasteiger partial charge in [0, 0.05) is 69.3 Å². The number of piperazine rings is 2. The number of benzene rings is 2. The first-order valence-corrected chi connectivity index (χ1v) is 14.1. The summed E-state index contributed by atoms with van der Waals surface area (Å²) in [6, 6.07) is 5.90. The van der Waals surface area contributed by atoms with Crippen LogP contribution in [0.4, 0.5) is 14.6 Å². The van der Waals surface area contributed by atoms with Gasteiger partial charge in [0.25, 0.3) is 0 Å². The molecule has 1 aromatic heterocycles. The van der Waals surface area contributed by atoms with Crippen molar-refractivity contribution in [3.63, 3.8) is 0 Å². The van der Waals surface area contributed by atoms with Gasteiger partial charge in [0.15, 0.2) is 5.82 Å². The van der Waals surface area contributed by atoms with Crippen molar-refractivity contribution in [1.29, 1.82) is 0 Å². The Morgan fingerprint density at radius 1 is 1.07 bits per heavy atom. The monoisotopic (exact) mass is 584 g/mol. The third kappa shape index (κ3) is 5.53. The Balaban J connectivity index is 1.35. The highest BCUT2D eigenvalue weighted by atomic mass is 35.5. The van der Waals surface area contributed by atoms with Gasteiger partial charge in [-0.15, -0.1) is 0 Å². The van der Waals surface area contributed by atoms with E-state index in [0.717, 1.165) is 32.2 Å². The van der Waals surface area contributed by atoms with Crippen molar-refractivity contribution >= 4 is 34.2 Å². The Hall–Kier alpha value is -3.54. The van der Waals surface area contributed by atoms with Gasteiger partial charge < -0.3 is 19.6 Å². The number of nitrogens with zero attached hydrogens (tertiary/aromatic N) is 6. The summed E-state index contributed by atoms with van der Waals surface area (Å²) in [5.74, 6) is -1.90. The summed E-state index contributed by atoms with van der Waals surface area (Å²) in [5, 5.41) is 10.6.